The number of nitrogens with one attached hydrogen (secondary N) is 1. The van der Waals surface area contributed by atoms with Crippen LogP contribution in [0.25, 0.3) is 17.2 Å². The number of rotatable bonds is 7. The Labute approximate surface area is 203 Å². The van der Waals surface area contributed by atoms with Crippen molar-refractivity contribution in [1.29, 1.82) is 0 Å². The quantitative estimate of drug-likeness (QED) is 0.441. The predicted octanol–water partition coefficient (Wildman–Crippen LogP) is 2.84. The second kappa shape index (κ2) is 9.22. The molecule has 1 amide bonds. The van der Waals surface area contributed by atoms with E-state index in [4.69, 9.17) is 9.97 Å². The van der Waals surface area contributed by atoms with E-state index in [0.29, 0.717) is 36.0 Å². The molecule has 0 radical (unpaired) electrons. The highest BCUT2D eigenvalue weighted by molar-refractivity contribution is 6.10. The molecule has 0 saturated carbocycles. The number of fused-ring (bicyclic) bond motifs is 1. The molecule has 0 aliphatic carbocycles. The Morgan fingerprint density at radius 3 is 2.77 bits per heavy atom. The van der Waals surface area contributed by atoms with Gasteiger partial charge in [-0.1, -0.05) is 6.07 Å². The molecule has 10 nitrogen and oxygen atoms in total. The van der Waals surface area contributed by atoms with E-state index in [1.54, 1.807) is 23.6 Å². The number of pyridine rings is 3. The maximum atomic E-state index is 13.6. The van der Waals surface area contributed by atoms with Gasteiger partial charge in [0.15, 0.2) is 5.82 Å². The minimum absolute atomic E-state index is 0.0865. The summed E-state index contributed by atoms with van der Waals surface area (Å²) in [6, 6.07) is 11.5. The van der Waals surface area contributed by atoms with E-state index in [1.165, 1.54) is 0 Å². The highest BCUT2D eigenvalue weighted by Gasteiger charge is 2.33. The lowest BCUT2D eigenvalue weighted by molar-refractivity contribution is 0.0996. The molecule has 0 aromatic carbocycles. The molecule has 10 heteroatoms. The average molecular weight is 470 g/mol. The van der Waals surface area contributed by atoms with Crippen LogP contribution in [0.4, 0.5) is 11.6 Å². The summed E-state index contributed by atoms with van der Waals surface area (Å²) in [4.78, 5) is 31.2. The summed E-state index contributed by atoms with van der Waals surface area (Å²) >= 11 is 0. The van der Waals surface area contributed by atoms with Crippen molar-refractivity contribution < 1.29 is 4.79 Å². The summed E-state index contributed by atoms with van der Waals surface area (Å²) in [6.45, 7) is 5.18. The number of amides is 1. The van der Waals surface area contributed by atoms with E-state index >= 15 is 0 Å². The van der Waals surface area contributed by atoms with Crippen LogP contribution in [-0.2, 0) is 13.1 Å². The van der Waals surface area contributed by atoms with Crippen molar-refractivity contribution in [2.45, 2.75) is 33.0 Å². The summed E-state index contributed by atoms with van der Waals surface area (Å²) < 4.78 is 1.82. The second-order valence-corrected chi connectivity index (χ2v) is 8.70. The van der Waals surface area contributed by atoms with Gasteiger partial charge in [0, 0.05) is 31.4 Å². The van der Waals surface area contributed by atoms with E-state index in [0.717, 1.165) is 22.8 Å². The van der Waals surface area contributed by atoms with Crippen molar-refractivity contribution >= 4 is 17.5 Å². The standard InChI is InChI=1S/C25H27N9O/c1-16(2)32(4)23-11-18-19(21(30-23)13-26-3)14-33(25(18)35)22-9-5-8-20(29-22)24-31-28-15-34(24)17-7-6-10-27-12-17/h5-12,15-16,26H,13-14H2,1-4H3. The largest absolute Gasteiger partial charge is 0.357 e. The van der Waals surface area contributed by atoms with Crippen molar-refractivity contribution in [2.24, 2.45) is 0 Å². The van der Waals surface area contributed by atoms with Gasteiger partial charge in [-0.05, 0) is 51.2 Å². The van der Waals surface area contributed by atoms with Gasteiger partial charge in [0.05, 0.1) is 29.7 Å². The predicted molar refractivity (Wildman–Crippen MR) is 133 cm³/mol. The second-order valence-electron chi connectivity index (χ2n) is 8.70. The van der Waals surface area contributed by atoms with Crippen molar-refractivity contribution in [3.63, 3.8) is 0 Å². The monoisotopic (exact) mass is 469 g/mol. The third-order valence-electron chi connectivity index (χ3n) is 6.18. The van der Waals surface area contributed by atoms with E-state index in [9.17, 15) is 4.79 Å². The molecule has 0 saturated heterocycles. The summed E-state index contributed by atoms with van der Waals surface area (Å²) in [5.41, 5.74) is 3.90. The van der Waals surface area contributed by atoms with Gasteiger partial charge in [0.1, 0.15) is 23.7 Å². The smallest absolute Gasteiger partial charge is 0.260 e. The van der Waals surface area contributed by atoms with Crippen molar-refractivity contribution in [2.75, 3.05) is 23.9 Å². The molecule has 4 aromatic rings. The lowest BCUT2D eigenvalue weighted by Gasteiger charge is -2.24. The maximum absolute atomic E-state index is 13.6. The molecule has 1 aliphatic rings. The number of nitrogens with zero attached hydrogens (tertiary/aromatic N) is 8. The van der Waals surface area contributed by atoms with E-state index < -0.39 is 0 Å². The third-order valence-corrected chi connectivity index (χ3v) is 6.18. The molecule has 5 heterocycles. The Kier molecular flexibility index (Phi) is 5.96. The van der Waals surface area contributed by atoms with E-state index in [2.05, 4.69) is 39.2 Å². The summed E-state index contributed by atoms with van der Waals surface area (Å²) in [7, 11) is 3.87. The fourth-order valence-electron chi connectivity index (χ4n) is 4.09. The Balaban J connectivity index is 1.51. The third kappa shape index (κ3) is 4.12. The van der Waals surface area contributed by atoms with Crippen LogP contribution in [0.3, 0.4) is 0 Å². The molecule has 0 fully saturated rings. The van der Waals surface area contributed by atoms with Crippen molar-refractivity contribution in [3.8, 4) is 17.2 Å². The molecule has 1 N–H and O–H groups in total. The van der Waals surface area contributed by atoms with Crippen LogP contribution in [0.15, 0.2) is 55.1 Å². The molecule has 0 bridgehead atoms. The molecule has 4 aromatic heterocycles. The lowest BCUT2D eigenvalue weighted by atomic mass is 10.1. The van der Waals surface area contributed by atoms with Crippen molar-refractivity contribution in [3.05, 3.63) is 71.9 Å². The average Bonchev–Trinajstić information content (AvgIpc) is 3.50. The fraction of sp³-hybridized carbons (Fsp3) is 0.280. The Hall–Kier alpha value is -4.18. The van der Waals surface area contributed by atoms with E-state index in [1.807, 2.05) is 55.1 Å². The normalized spacial score (nSPS) is 12.9. The van der Waals surface area contributed by atoms with Crippen LogP contribution >= 0.6 is 0 Å². The van der Waals surface area contributed by atoms with Crippen LogP contribution in [-0.4, -0.2) is 55.8 Å². The molecular formula is C25H27N9O. The molecule has 0 unspecified atom stereocenters. The highest BCUT2D eigenvalue weighted by atomic mass is 16.2. The van der Waals surface area contributed by atoms with Crippen LogP contribution in [0.2, 0.25) is 0 Å². The van der Waals surface area contributed by atoms with E-state index in [-0.39, 0.29) is 11.9 Å². The molecule has 35 heavy (non-hydrogen) atoms. The molecule has 5 rings (SSSR count). The van der Waals surface area contributed by atoms with Crippen LogP contribution < -0.4 is 15.1 Å². The van der Waals surface area contributed by atoms with Gasteiger partial charge in [0.25, 0.3) is 5.91 Å². The first-order valence-electron chi connectivity index (χ1n) is 11.5. The zero-order valence-corrected chi connectivity index (χ0v) is 20.2. The van der Waals surface area contributed by atoms with Gasteiger partial charge >= 0.3 is 0 Å². The van der Waals surface area contributed by atoms with Gasteiger partial charge in [-0.3, -0.25) is 19.2 Å². The Morgan fingerprint density at radius 1 is 1.17 bits per heavy atom. The first-order chi connectivity index (χ1) is 17.0. The summed E-state index contributed by atoms with van der Waals surface area (Å²) in [6.07, 6.45) is 5.07. The fourth-order valence-corrected chi connectivity index (χ4v) is 4.09. The molecule has 178 valence electrons. The molecular weight excluding hydrogens is 442 g/mol. The zero-order chi connectivity index (χ0) is 24.5. The maximum Gasteiger partial charge on any atom is 0.260 e. The number of anilines is 2. The Bertz CT molecular complexity index is 1370. The van der Waals surface area contributed by atoms with Crippen LogP contribution in [0.1, 0.15) is 35.5 Å². The van der Waals surface area contributed by atoms with Gasteiger partial charge in [-0.2, -0.15) is 0 Å². The number of aromatic nitrogens is 6. The molecule has 1 aliphatic heterocycles. The zero-order valence-electron chi connectivity index (χ0n) is 20.2. The molecule has 0 atom stereocenters. The minimum atomic E-state index is -0.0865. The van der Waals surface area contributed by atoms with Crippen LogP contribution in [0.5, 0.6) is 0 Å². The number of hydrogen-bond acceptors (Lipinski definition) is 8. The minimum Gasteiger partial charge on any atom is -0.357 e. The number of hydrogen-bond donors (Lipinski definition) is 1. The van der Waals surface area contributed by atoms with Gasteiger partial charge < -0.3 is 10.2 Å². The highest BCUT2D eigenvalue weighted by Crippen LogP contribution is 2.32. The summed E-state index contributed by atoms with van der Waals surface area (Å²) in [5.74, 6) is 1.82. The first kappa shape index (κ1) is 22.6. The van der Waals surface area contributed by atoms with Gasteiger partial charge in [-0.25, -0.2) is 9.97 Å². The van der Waals surface area contributed by atoms with Gasteiger partial charge in [0.2, 0.25) is 0 Å². The van der Waals surface area contributed by atoms with Crippen molar-refractivity contribution in [1.82, 2.24) is 35.0 Å². The number of carbonyl (C=O) groups is 1. The van der Waals surface area contributed by atoms with Gasteiger partial charge in [-0.15, -0.1) is 10.2 Å². The first-order valence-corrected chi connectivity index (χ1v) is 11.5. The lowest BCUT2D eigenvalue weighted by Crippen LogP contribution is -2.27. The summed E-state index contributed by atoms with van der Waals surface area (Å²) in [5, 5.41) is 11.5. The Morgan fingerprint density at radius 2 is 2.03 bits per heavy atom. The molecule has 0 spiro atoms. The van der Waals surface area contributed by atoms with Crippen LogP contribution in [0, 0.1) is 0 Å². The SMILES string of the molecule is CNCc1nc(N(C)C(C)C)cc2c1CN(c1cccc(-c3nncn3-c3cccnc3)n1)C2=O. The topological polar surface area (TPSA) is 105 Å². The number of carbonyl (C=O) groups excluding carboxylic acids is 1.